The molecule has 0 aromatic heterocycles. The van der Waals surface area contributed by atoms with Crippen molar-refractivity contribution in [2.75, 3.05) is 14.7 Å². The lowest BCUT2D eigenvalue weighted by molar-refractivity contribution is 0.334. The van der Waals surface area contributed by atoms with E-state index >= 15 is 0 Å². The first-order chi connectivity index (χ1) is 36.8. The zero-order valence-electron chi connectivity index (χ0n) is 44.6. The number of fused-ring (bicyclic) bond motifs is 4. The van der Waals surface area contributed by atoms with E-state index < -0.39 is 0 Å². The Morgan fingerprint density at radius 3 is 2.27 bits per heavy atom. The zero-order valence-corrected chi connectivity index (χ0v) is 44.6. The Bertz CT molecular complexity index is 3210. The van der Waals surface area contributed by atoms with Crippen LogP contribution in [0.2, 0.25) is 0 Å². The van der Waals surface area contributed by atoms with Gasteiger partial charge in [0, 0.05) is 51.5 Å². The third-order valence-electron chi connectivity index (χ3n) is 18.8. The second-order valence-electron chi connectivity index (χ2n) is 23.6. The van der Waals surface area contributed by atoms with E-state index in [0.717, 1.165) is 51.4 Å². The van der Waals surface area contributed by atoms with Crippen LogP contribution in [0.15, 0.2) is 245 Å². The Labute approximate surface area is 448 Å². The highest BCUT2D eigenvalue weighted by Gasteiger charge is 2.59. The molecule has 0 radical (unpaired) electrons. The van der Waals surface area contributed by atoms with Crippen molar-refractivity contribution in [3.63, 3.8) is 0 Å². The summed E-state index contributed by atoms with van der Waals surface area (Å²) < 4.78 is 0. The van der Waals surface area contributed by atoms with Gasteiger partial charge in [0.25, 0.3) is 0 Å². The van der Waals surface area contributed by atoms with E-state index in [9.17, 15) is 0 Å². The summed E-state index contributed by atoms with van der Waals surface area (Å²) in [6.07, 6.45) is 53.4. The molecule has 0 saturated heterocycles. The number of anilines is 4. The second kappa shape index (κ2) is 20.4. The van der Waals surface area contributed by atoms with Crippen molar-refractivity contribution in [3.8, 4) is 0 Å². The number of para-hydroxylation sites is 2. The van der Waals surface area contributed by atoms with E-state index in [0.29, 0.717) is 41.5 Å². The fourth-order valence-corrected chi connectivity index (χ4v) is 14.7. The van der Waals surface area contributed by atoms with Crippen LogP contribution >= 0.6 is 0 Å². The summed E-state index contributed by atoms with van der Waals surface area (Å²) in [5, 5.41) is 0. The smallest absolute Gasteiger partial charge is 0.0559 e. The number of nitrogens with zero attached hydrogens (tertiary/aromatic N) is 3. The molecule has 0 spiro atoms. The van der Waals surface area contributed by atoms with Crippen molar-refractivity contribution in [1.82, 2.24) is 0 Å². The highest BCUT2D eigenvalue weighted by molar-refractivity contribution is 5.71. The van der Waals surface area contributed by atoms with E-state index in [1.165, 1.54) is 105 Å². The molecule has 13 rings (SSSR count). The minimum atomic E-state index is 0.221. The average Bonchev–Trinajstić information content (AvgIpc) is 4.19. The number of benzene rings is 4. The van der Waals surface area contributed by atoms with E-state index in [1.807, 2.05) is 0 Å². The van der Waals surface area contributed by atoms with Gasteiger partial charge < -0.3 is 14.7 Å². The molecular formula is C72H75N3. The molecule has 3 heteroatoms. The number of hydrogen-bond acceptors (Lipinski definition) is 3. The number of hydrogen-bond donors (Lipinski definition) is 0. The number of rotatable bonds is 13. The molecule has 0 aliphatic heterocycles. The predicted molar refractivity (Wildman–Crippen MR) is 316 cm³/mol. The van der Waals surface area contributed by atoms with Crippen LogP contribution in [0.3, 0.4) is 0 Å². The normalized spacial score (nSPS) is 27.5. The molecule has 0 bridgehead atoms. The Morgan fingerprint density at radius 2 is 1.48 bits per heavy atom. The van der Waals surface area contributed by atoms with Crippen LogP contribution in [0.25, 0.3) is 0 Å². The Morgan fingerprint density at radius 1 is 0.667 bits per heavy atom. The molecule has 9 aliphatic carbocycles. The monoisotopic (exact) mass is 982 g/mol. The first-order valence-electron chi connectivity index (χ1n) is 28.9. The zero-order chi connectivity index (χ0) is 50.5. The first-order valence-corrected chi connectivity index (χ1v) is 28.9. The quantitative estimate of drug-likeness (QED) is 0.132. The van der Waals surface area contributed by atoms with Gasteiger partial charge in [-0.2, -0.15) is 0 Å². The van der Waals surface area contributed by atoms with E-state index in [4.69, 9.17) is 0 Å². The molecule has 1 fully saturated rings. The van der Waals surface area contributed by atoms with Crippen molar-refractivity contribution in [3.05, 3.63) is 262 Å². The fraction of sp³-hybridized carbons (Fsp3) is 0.333. The van der Waals surface area contributed by atoms with Gasteiger partial charge in [0.15, 0.2) is 0 Å². The van der Waals surface area contributed by atoms with Gasteiger partial charge in [0.2, 0.25) is 0 Å². The molecule has 75 heavy (non-hydrogen) atoms. The van der Waals surface area contributed by atoms with Crippen LogP contribution in [0.5, 0.6) is 0 Å². The third kappa shape index (κ3) is 9.40. The van der Waals surface area contributed by atoms with Gasteiger partial charge in [-0.3, -0.25) is 0 Å². The second-order valence-corrected chi connectivity index (χ2v) is 23.6. The largest absolute Gasteiger partial charge is 0.338 e. The van der Waals surface area contributed by atoms with Gasteiger partial charge in [0.1, 0.15) is 0 Å². The Kier molecular flexibility index (Phi) is 13.0. The number of allylic oxidation sites excluding steroid dienone is 21. The van der Waals surface area contributed by atoms with Crippen molar-refractivity contribution in [2.24, 2.45) is 29.1 Å². The molecule has 8 atom stereocenters. The summed E-state index contributed by atoms with van der Waals surface area (Å²) in [5.41, 5.74) is 21.5. The Balaban J connectivity index is 0.850. The lowest BCUT2D eigenvalue weighted by Gasteiger charge is -2.39. The van der Waals surface area contributed by atoms with Crippen molar-refractivity contribution >= 4 is 22.7 Å². The standard InChI is InChI=1S/C72H75N3/c1-50-26-29-54-30-37-65(47-58(54)42-50)73(60-19-7-4-8-20-60)63-33-27-53(28-34-63)44-71(55-31-35-64(36-32-55)74(61-21-9-5-10-22-61)66-38-39-70-51(2)16-15-18-57(70)45-66)72-41-40-67(48-59(72)49-72)75(62-23-11-6-12-24-62)68-43-52(3)69-25-14-13-17-56(69)46-68/h4-9,11-14,17,19-21,23-27,29-33,35-36,38-39,43,45-48,50-52,59,65,69,71H,10,15-16,18,22,28,34,37,40-42,44,49H2,1-3H3. The van der Waals surface area contributed by atoms with Crippen LogP contribution in [-0.4, -0.2) is 6.04 Å². The molecule has 9 aliphatic rings. The summed E-state index contributed by atoms with van der Waals surface area (Å²) in [6.45, 7) is 7.15. The molecule has 8 unspecified atom stereocenters. The predicted octanol–water partition coefficient (Wildman–Crippen LogP) is 18.7. The molecule has 0 heterocycles. The molecule has 4 aromatic carbocycles. The van der Waals surface area contributed by atoms with Crippen LogP contribution in [-0.2, 0) is 6.42 Å². The van der Waals surface area contributed by atoms with Crippen molar-refractivity contribution < 1.29 is 0 Å². The summed E-state index contributed by atoms with van der Waals surface area (Å²) >= 11 is 0. The topological polar surface area (TPSA) is 9.72 Å². The fourth-order valence-electron chi connectivity index (χ4n) is 14.7. The molecule has 0 N–H and O–H groups in total. The molecule has 4 aromatic rings. The molecule has 378 valence electrons. The summed E-state index contributed by atoms with van der Waals surface area (Å²) in [6, 6.07) is 40.1. The minimum absolute atomic E-state index is 0.221. The van der Waals surface area contributed by atoms with Gasteiger partial charge in [-0.25, -0.2) is 0 Å². The van der Waals surface area contributed by atoms with Gasteiger partial charge >= 0.3 is 0 Å². The minimum Gasteiger partial charge on any atom is -0.338 e. The van der Waals surface area contributed by atoms with Crippen LogP contribution < -0.4 is 14.7 Å². The summed E-state index contributed by atoms with van der Waals surface area (Å²) in [4.78, 5) is 7.85. The van der Waals surface area contributed by atoms with Crippen molar-refractivity contribution in [2.45, 2.75) is 122 Å². The maximum Gasteiger partial charge on any atom is 0.0559 e. The van der Waals surface area contributed by atoms with E-state index in [1.54, 1.807) is 11.1 Å². The van der Waals surface area contributed by atoms with Crippen LogP contribution in [0.4, 0.5) is 22.7 Å². The molecular weight excluding hydrogens is 907 g/mol. The molecule has 0 amide bonds. The van der Waals surface area contributed by atoms with E-state index in [-0.39, 0.29) is 5.41 Å². The molecule has 1 saturated carbocycles. The van der Waals surface area contributed by atoms with Crippen LogP contribution in [0.1, 0.15) is 126 Å². The lowest BCUT2D eigenvalue weighted by Crippen LogP contribution is -2.35. The highest BCUT2D eigenvalue weighted by Crippen LogP contribution is 2.69. The maximum absolute atomic E-state index is 2.72. The third-order valence-corrected chi connectivity index (χ3v) is 18.8. The van der Waals surface area contributed by atoms with E-state index in [2.05, 4.69) is 236 Å². The average molecular weight is 982 g/mol. The molecule has 3 nitrogen and oxygen atoms in total. The summed E-state index contributed by atoms with van der Waals surface area (Å²) in [7, 11) is 0. The first kappa shape index (κ1) is 47.8. The Hall–Kier alpha value is -6.84. The van der Waals surface area contributed by atoms with Gasteiger partial charge in [-0.1, -0.05) is 160 Å². The number of aryl methyl sites for hydroxylation is 1. The van der Waals surface area contributed by atoms with Gasteiger partial charge in [-0.05, 0) is 219 Å². The summed E-state index contributed by atoms with van der Waals surface area (Å²) in [5.74, 6) is 3.05. The van der Waals surface area contributed by atoms with Gasteiger partial charge in [-0.15, -0.1) is 0 Å². The SMILES string of the molecule is CC1C=CC2=CCC(N(C3=CC=C(CC(c4ccc(N(C5=CC=CCC5)c5ccc6c(c5)CCCC6C)cc4)C45CCC(N(C6=CC(C)C7C=CC=CC7=C6)c6ccccc6)=CC4C5)CC3)c3ccccc3)C=C2C1. The lowest BCUT2D eigenvalue weighted by atomic mass is 9.72. The maximum atomic E-state index is 2.72. The highest BCUT2D eigenvalue weighted by atomic mass is 15.2. The van der Waals surface area contributed by atoms with Crippen molar-refractivity contribution in [1.29, 1.82) is 0 Å². The van der Waals surface area contributed by atoms with Gasteiger partial charge in [0.05, 0.1) is 6.04 Å². The van der Waals surface area contributed by atoms with Crippen LogP contribution in [0, 0.1) is 29.1 Å².